The molecule has 0 saturated carbocycles. The van der Waals surface area contributed by atoms with Crippen LogP contribution in [0.1, 0.15) is 37.6 Å². The van der Waals surface area contributed by atoms with Gasteiger partial charge in [-0.05, 0) is 38.5 Å². The topological polar surface area (TPSA) is 112 Å². The van der Waals surface area contributed by atoms with E-state index in [1.807, 2.05) is 31.7 Å². The number of piperazine rings is 1. The second-order valence-electron chi connectivity index (χ2n) is 8.53. The lowest BCUT2D eigenvalue weighted by atomic mass is 10.1. The molecule has 0 unspecified atom stereocenters. The van der Waals surface area contributed by atoms with Crippen molar-refractivity contribution in [2.24, 2.45) is 0 Å². The Bertz CT molecular complexity index is 1040. The SMILES string of the molecule is CC(C)(C)OC(=O)N1CCN(Cc2ncn(Cc3cccc(C#N)c3)c(=O)c2O)CC1. The third kappa shape index (κ3) is 5.83. The Labute approximate surface area is 181 Å². The third-order valence-electron chi connectivity index (χ3n) is 4.90. The van der Waals surface area contributed by atoms with Gasteiger partial charge in [-0.3, -0.25) is 14.3 Å². The zero-order chi connectivity index (χ0) is 22.6. The zero-order valence-corrected chi connectivity index (χ0v) is 18.0. The Hall–Kier alpha value is -3.38. The van der Waals surface area contributed by atoms with Crippen LogP contribution in [-0.2, 0) is 17.8 Å². The minimum Gasteiger partial charge on any atom is -0.502 e. The van der Waals surface area contributed by atoms with Crippen LogP contribution in [0, 0.1) is 11.3 Å². The molecule has 0 atom stereocenters. The number of carbonyl (C=O) groups excluding carboxylic acids is 1. The Morgan fingerprint density at radius 1 is 1.23 bits per heavy atom. The fourth-order valence-corrected chi connectivity index (χ4v) is 3.30. The highest BCUT2D eigenvalue weighted by molar-refractivity contribution is 5.68. The predicted molar refractivity (Wildman–Crippen MR) is 114 cm³/mol. The van der Waals surface area contributed by atoms with Crippen LogP contribution in [0.4, 0.5) is 4.79 Å². The summed E-state index contributed by atoms with van der Waals surface area (Å²) in [4.78, 5) is 32.7. The maximum Gasteiger partial charge on any atom is 0.410 e. The summed E-state index contributed by atoms with van der Waals surface area (Å²) >= 11 is 0. The average molecular weight is 425 g/mol. The van der Waals surface area contributed by atoms with Crippen LogP contribution in [0.3, 0.4) is 0 Å². The summed E-state index contributed by atoms with van der Waals surface area (Å²) in [7, 11) is 0. The van der Waals surface area contributed by atoms with E-state index in [-0.39, 0.29) is 18.4 Å². The quantitative estimate of drug-likeness (QED) is 0.796. The molecular weight excluding hydrogens is 398 g/mol. The maximum atomic E-state index is 12.6. The zero-order valence-electron chi connectivity index (χ0n) is 18.0. The number of nitrogens with zero attached hydrogens (tertiary/aromatic N) is 5. The van der Waals surface area contributed by atoms with Crippen LogP contribution >= 0.6 is 0 Å². The summed E-state index contributed by atoms with van der Waals surface area (Å²) in [6, 6.07) is 9.00. The van der Waals surface area contributed by atoms with Gasteiger partial charge in [0.15, 0.2) is 0 Å². The first-order chi connectivity index (χ1) is 14.7. The first kappa shape index (κ1) is 22.3. The molecule has 1 N–H and O–H groups in total. The number of amides is 1. The first-order valence-electron chi connectivity index (χ1n) is 10.1. The van der Waals surface area contributed by atoms with Crippen molar-refractivity contribution in [3.8, 4) is 11.8 Å². The molecule has 1 saturated heterocycles. The van der Waals surface area contributed by atoms with Gasteiger partial charge in [-0.25, -0.2) is 9.78 Å². The van der Waals surface area contributed by atoms with Crippen LogP contribution < -0.4 is 5.56 Å². The molecule has 2 heterocycles. The molecule has 0 spiro atoms. The maximum absolute atomic E-state index is 12.6. The molecule has 9 heteroatoms. The Morgan fingerprint density at radius 2 is 1.94 bits per heavy atom. The van der Waals surface area contributed by atoms with Gasteiger partial charge < -0.3 is 14.7 Å². The van der Waals surface area contributed by atoms with Gasteiger partial charge in [0.2, 0.25) is 5.75 Å². The minimum atomic E-state index is -0.538. The van der Waals surface area contributed by atoms with Crippen molar-refractivity contribution in [1.82, 2.24) is 19.4 Å². The van der Waals surface area contributed by atoms with Crippen molar-refractivity contribution in [1.29, 1.82) is 5.26 Å². The second-order valence-corrected chi connectivity index (χ2v) is 8.53. The Kier molecular flexibility index (Phi) is 6.61. The van der Waals surface area contributed by atoms with E-state index >= 15 is 0 Å². The number of ether oxygens (including phenoxy) is 1. The number of hydrogen-bond donors (Lipinski definition) is 1. The highest BCUT2D eigenvalue weighted by Crippen LogP contribution is 2.16. The van der Waals surface area contributed by atoms with Gasteiger partial charge >= 0.3 is 6.09 Å². The van der Waals surface area contributed by atoms with E-state index in [1.54, 1.807) is 23.1 Å². The lowest BCUT2D eigenvalue weighted by Crippen LogP contribution is -2.49. The summed E-state index contributed by atoms with van der Waals surface area (Å²) < 4.78 is 6.71. The van der Waals surface area contributed by atoms with Gasteiger partial charge in [0.05, 0.1) is 24.5 Å². The molecule has 1 aromatic carbocycles. The molecule has 3 rings (SSSR count). The Balaban J connectivity index is 1.62. The van der Waals surface area contributed by atoms with E-state index < -0.39 is 11.2 Å². The molecule has 1 aromatic heterocycles. The number of aromatic hydroxyl groups is 1. The fraction of sp³-hybridized carbons (Fsp3) is 0.455. The van der Waals surface area contributed by atoms with E-state index in [9.17, 15) is 14.7 Å². The summed E-state index contributed by atoms with van der Waals surface area (Å²) in [6.07, 6.45) is 1.07. The van der Waals surface area contributed by atoms with Crippen molar-refractivity contribution in [2.45, 2.75) is 39.5 Å². The molecule has 1 aliphatic heterocycles. The van der Waals surface area contributed by atoms with Crippen molar-refractivity contribution in [3.63, 3.8) is 0 Å². The molecule has 0 bridgehead atoms. The van der Waals surface area contributed by atoms with Crippen LogP contribution in [0.2, 0.25) is 0 Å². The van der Waals surface area contributed by atoms with Crippen molar-refractivity contribution >= 4 is 6.09 Å². The fourth-order valence-electron chi connectivity index (χ4n) is 3.30. The van der Waals surface area contributed by atoms with Gasteiger partial charge in [0, 0.05) is 32.7 Å². The first-order valence-corrected chi connectivity index (χ1v) is 10.1. The molecular formula is C22H27N5O4. The number of nitriles is 1. The number of rotatable bonds is 4. The molecule has 1 fully saturated rings. The van der Waals surface area contributed by atoms with E-state index in [4.69, 9.17) is 10.00 Å². The monoisotopic (exact) mass is 425 g/mol. The summed E-state index contributed by atoms with van der Waals surface area (Å²) in [5.41, 5.74) is 0.514. The minimum absolute atomic E-state index is 0.212. The van der Waals surface area contributed by atoms with Gasteiger partial charge in [-0.15, -0.1) is 0 Å². The van der Waals surface area contributed by atoms with Crippen LogP contribution in [0.15, 0.2) is 35.4 Å². The lowest BCUT2D eigenvalue weighted by molar-refractivity contribution is 0.0137. The number of carbonyl (C=O) groups is 1. The van der Waals surface area contributed by atoms with E-state index in [2.05, 4.69) is 11.1 Å². The number of benzene rings is 1. The summed E-state index contributed by atoms with van der Waals surface area (Å²) in [5, 5.41) is 19.4. The highest BCUT2D eigenvalue weighted by Gasteiger charge is 2.26. The van der Waals surface area contributed by atoms with Crippen molar-refractivity contribution in [3.05, 3.63) is 57.8 Å². The van der Waals surface area contributed by atoms with Crippen LogP contribution in [-0.4, -0.2) is 62.3 Å². The molecule has 2 aromatic rings. The molecule has 0 aliphatic carbocycles. The number of aromatic nitrogens is 2. The van der Waals surface area contributed by atoms with Crippen LogP contribution in [0.25, 0.3) is 0 Å². The molecule has 0 radical (unpaired) electrons. The average Bonchev–Trinajstić information content (AvgIpc) is 2.73. The van der Waals surface area contributed by atoms with E-state index in [0.717, 1.165) is 5.56 Å². The largest absolute Gasteiger partial charge is 0.502 e. The second kappa shape index (κ2) is 9.18. The van der Waals surface area contributed by atoms with Crippen molar-refractivity contribution < 1.29 is 14.6 Å². The molecule has 1 amide bonds. The van der Waals surface area contributed by atoms with Gasteiger partial charge in [-0.1, -0.05) is 12.1 Å². The van der Waals surface area contributed by atoms with Gasteiger partial charge in [0.1, 0.15) is 11.3 Å². The Morgan fingerprint density at radius 3 is 2.58 bits per heavy atom. The van der Waals surface area contributed by atoms with Gasteiger partial charge in [-0.2, -0.15) is 5.26 Å². The molecule has 164 valence electrons. The molecule has 9 nitrogen and oxygen atoms in total. The van der Waals surface area contributed by atoms with E-state index in [1.165, 1.54) is 10.9 Å². The normalized spacial score (nSPS) is 14.8. The number of hydrogen-bond acceptors (Lipinski definition) is 7. The molecule has 31 heavy (non-hydrogen) atoms. The standard InChI is InChI=1S/C22H27N5O4/c1-22(2,3)31-21(30)26-9-7-25(8-10-26)14-18-19(28)20(29)27(15-24-18)13-17-6-4-5-16(11-17)12-23/h4-6,11,15,28H,7-10,13-14H2,1-3H3. The van der Waals surface area contributed by atoms with Gasteiger partial charge in [0.25, 0.3) is 5.56 Å². The summed E-state index contributed by atoms with van der Waals surface area (Å²) in [5.74, 6) is -0.381. The summed E-state index contributed by atoms with van der Waals surface area (Å²) in [6.45, 7) is 8.20. The lowest BCUT2D eigenvalue weighted by Gasteiger charge is -2.35. The van der Waals surface area contributed by atoms with Crippen LogP contribution in [0.5, 0.6) is 5.75 Å². The molecule has 1 aliphatic rings. The smallest absolute Gasteiger partial charge is 0.410 e. The van der Waals surface area contributed by atoms with E-state index in [0.29, 0.717) is 44.0 Å². The highest BCUT2D eigenvalue weighted by atomic mass is 16.6. The third-order valence-corrected chi connectivity index (χ3v) is 4.90. The predicted octanol–water partition coefficient (Wildman–Crippen LogP) is 1.92. The van der Waals surface area contributed by atoms with Crippen molar-refractivity contribution in [2.75, 3.05) is 26.2 Å².